The van der Waals surface area contributed by atoms with Crippen molar-refractivity contribution < 1.29 is 9.90 Å². The Kier molecular flexibility index (Phi) is 5.73. The van der Waals surface area contributed by atoms with Crippen LogP contribution in [0.15, 0.2) is 0 Å². The second-order valence-electron chi connectivity index (χ2n) is 4.42. The smallest absolute Gasteiger partial charge is 0.320 e. The van der Waals surface area contributed by atoms with Crippen LogP contribution in [0.5, 0.6) is 0 Å². The van der Waals surface area contributed by atoms with Gasteiger partial charge in [-0.25, -0.2) is 0 Å². The molecule has 0 unspecified atom stereocenters. The van der Waals surface area contributed by atoms with Crippen molar-refractivity contribution in [2.24, 2.45) is 0 Å². The van der Waals surface area contributed by atoms with Gasteiger partial charge in [-0.3, -0.25) is 14.6 Å². The molecule has 0 aromatic heterocycles. The Morgan fingerprint density at radius 1 is 1.50 bits per heavy atom. The number of aliphatic carboxylic acids is 1. The average molecular weight is 229 g/mol. The monoisotopic (exact) mass is 229 g/mol. The minimum absolute atomic E-state index is 0.269. The van der Waals surface area contributed by atoms with Crippen molar-refractivity contribution in [1.29, 1.82) is 0 Å². The first kappa shape index (κ1) is 13.4. The SMILES string of the molecule is CCN1CCN(C)C1.O=C(O)[C@@H]1CCCN1. The van der Waals surface area contributed by atoms with Crippen LogP contribution in [0.3, 0.4) is 0 Å². The molecular formula is C11H23N3O2. The van der Waals surface area contributed by atoms with Crippen LogP contribution in [0.4, 0.5) is 0 Å². The standard InChI is InChI=1S/C6H14N2.C5H9NO2/c1-3-8-5-4-7(2)6-8;7-5(8)4-2-1-3-6-4/h3-6H2,1-2H3;4,6H,1-3H2,(H,7,8)/t;4-/m.0/s1. The van der Waals surface area contributed by atoms with E-state index in [0.717, 1.165) is 26.1 Å². The van der Waals surface area contributed by atoms with Crippen LogP contribution in [-0.4, -0.2) is 66.8 Å². The van der Waals surface area contributed by atoms with Crippen LogP contribution < -0.4 is 5.32 Å². The largest absolute Gasteiger partial charge is 0.480 e. The number of nitrogens with one attached hydrogen (secondary N) is 1. The summed E-state index contributed by atoms with van der Waals surface area (Å²) in [5, 5.41) is 11.2. The van der Waals surface area contributed by atoms with Crippen molar-refractivity contribution in [1.82, 2.24) is 15.1 Å². The summed E-state index contributed by atoms with van der Waals surface area (Å²) in [6, 6.07) is -0.269. The van der Waals surface area contributed by atoms with Crippen LogP contribution in [-0.2, 0) is 4.79 Å². The number of carbonyl (C=O) groups is 1. The highest BCUT2D eigenvalue weighted by Gasteiger charge is 2.20. The molecule has 2 fully saturated rings. The fourth-order valence-electron chi connectivity index (χ4n) is 1.95. The van der Waals surface area contributed by atoms with Gasteiger partial charge in [0.05, 0.1) is 6.67 Å². The summed E-state index contributed by atoms with van der Waals surface area (Å²) in [7, 11) is 2.16. The van der Waals surface area contributed by atoms with E-state index in [0.29, 0.717) is 0 Å². The topological polar surface area (TPSA) is 55.8 Å². The molecule has 5 heteroatoms. The molecule has 2 N–H and O–H groups in total. The van der Waals surface area contributed by atoms with Crippen LogP contribution in [0, 0.1) is 0 Å². The third kappa shape index (κ3) is 4.47. The van der Waals surface area contributed by atoms with E-state index in [-0.39, 0.29) is 6.04 Å². The quantitative estimate of drug-likeness (QED) is 0.700. The lowest BCUT2D eigenvalue weighted by molar-refractivity contribution is -0.139. The Morgan fingerprint density at radius 2 is 2.25 bits per heavy atom. The minimum atomic E-state index is -0.720. The highest BCUT2D eigenvalue weighted by molar-refractivity contribution is 5.73. The molecule has 0 spiro atoms. The van der Waals surface area contributed by atoms with Gasteiger partial charge < -0.3 is 10.4 Å². The zero-order valence-corrected chi connectivity index (χ0v) is 10.3. The first-order valence-corrected chi connectivity index (χ1v) is 6.00. The van der Waals surface area contributed by atoms with Gasteiger partial charge in [0.1, 0.15) is 6.04 Å². The predicted octanol–water partition coefficient (Wildman–Crippen LogP) is 0.0342. The summed E-state index contributed by atoms with van der Waals surface area (Å²) < 4.78 is 0. The minimum Gasteiger partial charge on any atom is -0.480 e. The average Bonchev–Trinajstić information content (AvgIpc) is 2.88. The summed E-state index contributed by atoms with van der Waals surface area (Å²) in [5.41, 5.74) is 0. The molecule has 0 aliphatic carbocycles. The Balaban J connectivity index is 0.000000160. The number of carboxylic acid groups (broad SMARTS) is 1. The lowest BCUT2D eigenvalue weighted by Crippen LogP contribution is -2.29. The van der Waals surface area contributed by atoms with Crippen molar-refractivity contribution >= 4 is 5.97 Å². The lowest BCUT2D eigenvalue weighted by atomic mass is 10.2. The molecule has 5 nitrogen and oxygen atoms in total. The van der Waals surface area contributed by atoms with E-state index in [9.17, 15) is 4.79 Å². The van der Waals surface area contributed by atoms with Crippen molar-refractivity contribution in [2.75, 3.05) is 39.9 Å². The number of likely N-dealkylation sites (N-methyl/N-ethyl adjacent to an activating group) is 2. The fraction of sp³-hybridized carbons (Fsp3) is 0.909. The first-order chi connectivity index (χ1) is 7.63. The van der Waals surface area contributed by atoms with Gasteiger partial charge in [0, 0.05) is 13.1 Å². The molecule has 16 heavy (non-hydrogen) atoms. The van der Waals surface area contributed by atoms with E-state index >= 15 is 0 Å². The predicted molar refractivity (Wildman–Crippen MR) is 63.4 cm³/mol. The molecule has 2 aliphatic heterocycles. The Labute approximate surface area is 97.4 Å². The van der Waals surface area contributed by atoms with E-state index in [4.69, 9.17) is 5.11 Å². The van der Waals surface area contributed by atoms with Crippen LogP contribution >= 0.6 is 0 Å². The van der Waals surface area contributed by atoms with Gasteiger partial charge in [-0.1, -0.05) is 6.92 Å². The zero-order valence-electron chi connectivity index (χ0n) is 10.3. The van der Waals surface area contributed by atoms with Gasteiger partial charge in [-0.15, -0.1) is 0 Å². The Hall–Kier alpha value is -0.650. The highest BCUT2D eigenvalue weighted by atomic mass is 16.4. The molecule has 2 heterocycles. The van der Waals surface area contributed by atoms with Gasteiger partial charge in [-0.2, -0.15) is 0 Å². The molecule has 0 amide bonds. The summed E-state index contributed by atoms with van der Waals surface area (Å²) in [6.45, 7) is 7.93. The van der Waals surface area contributed by atoms with E-state index in [2.05, 4.69) is 29.1 Å². The Morgan fingerprint density at radius 3 is 2.50 bits per heavy atom. The van der Waals surface area contributed by atoms with E-state index < -0.39 is 5.97 Å². The number of hydrogen-bond donors (Lipinski definition) is 2. The van der Waals surface area contributed by atoms with Gasteiger partial charge >= 0.3 is 5.97 Å². The number of rotatable bonds is 2. The number of hydrogen-bond acceptors (Lipinski definition) is 4. The van der Waals surface area contributed by atoms with Gasteiger partial charge in [0.2, 0.25) is 0 Å². The molecular weight excluding hydrogens is 206 g/mol. The maximum atomic E-state index is 10.1. The van der Waals surface area contributed by atoms with Gasteiger partial charge in [0.15, 0.2) is 0 Å². The lowest BCUT2D eigenvalue weighted by Gasteiger charge is -2.10. The Bertz CT molecular complexity index is 217. The van der Waals surface area contributed by atoms with E-state index in [1.165, 1.54) is 19.6 Å². The van der Waals surface area contributed by atoms with E-state index in [1.54, 1.807) is 0 Å². The molecule has 2 aliphatic rings. The summed E-state index contributed by atoms with van der Waals surface area (Å²) in [4.78, 5) is 14.9. The third-order valence-electron chi connectivity index (χ3n) is 3.04. The highest BCUT2D eigenvalue weighted by Crippen LogP contribution is 2.03. The molecule has 2 saturated heterocycles. The summed E-state index contributed by atoms with van der Waals surface area (Å²) in [5.74, 6) is -0.720. The molecule has 0 bridgehead atoms. The van der Waals surface area contributed by atoms with Crippen molar-refractivity contribution in [2.45, 2.75) is 25.8 Å². The molecule has 0 radical (unpaired) electrons. The molecule has 0 aromatic carbocycles. The normalized spacial score (nSPS) is 26.5. The molecule has 0 aromatic rings. The molecule has 0 saturated carbocycles. The van der Waals surface area contributed by atoms with Crippen LogP contribution in [0.2, 0.25) is 0 Å². The van der Waals surface area contributed by atoms with E-state index in [1.807, 2.05) is 0 Å². The third-order valence-corrected chi connectivity index (χ3v) is 3.04. The van der Waals surface area contributed by atoms with Crippen molar-refractivity contribution in [3.63, 3.8) is 0 Å². The van der Waals surface area contributed by atoms with Gasteiger partial charge in [-0.05, 0) is 33.0 Å². The molecule has 1 atom stereocenters. The zero-order chi connectivity index (χ0) is 12.0. The molecule has 2 rings (SSSR count). The maximum Gasteiger partial charge on any atom is 0.320 e. The summed E-state index contributed by atoms with van der Waals surface area (Å²) >= 11 is 0. The van der Waals surface area contributed by atoms with Crippen molar-refractivity contribution in [3.8, 4) is 0 Å². The van der Waals surface area contributed by atoms with Crippen LogP contribution in [0.25, 0.3) is 0 Å². The second kappa shape index (κ2) is 6.83. The second-order valence-corrected chi connectivity index (χ2v) is 4.42. The fourth-order valence-corrected chi connectivity index (χ4v) is 1.95. The number of nitrogens with zero attached hydrogens (tertiary/aromatic N) is 2. The summed E-state index contributed by atoms with van der Waals surface area (Å²) in [6.07, 6.45) is 1.78. The maximum absolute atomic E-state index is 10.1. The molecule has 94 valence electrons. The first-order valence-electron chi connectivity index (χ1n) is 6.00. The van der Waals surface area contributed by atoms with Crippen LogP contribution in [0.1, 0.15) is 19.8 Å². The van der Waals surface area contributed by atoms with Crippen molar-refractivity contribution in [3.05, 3.63) is 0 Å². The number of carboxylic acids is 1. The van der Waals surface area contributed by atoms with Gasteiger partial charge in [0.25, 0.3) is 0 Å².